The van der Waals surface area contributed by atoms with Crippen molar-refractivity contribution in [1.29, 1.82) is 0 Å². The summed E-state index contributed by atoms with van der Waals surface area (Å²) in [5, 5.41) is 18.7. The first-order chi connectivity index (χ1) is 13.9. The molecule has 3 rings (SSSR count). The fourth-order valence-electron chi connectivity index (χ4n) is 2.13. The summed E-state index contributed by atoms with van der Waals surface area (Å²) in [4.78, 5) is 34.0. The molecule has 2 amide bonds. The first-order valence-corrected chi connectivity index (χ1v) is 9.76. The highest BCUT2D eigenvalue weighted by atomic mass is 79.9. The van der Waals surface area contributed by atoms with E-state index in [0.29, 0.717) is 5.89 Å². The van der Waals surface area contributed by atoms with E-state index in [2.05, 4.69) is 37.0 Å². The van der Waals surface area contributed by atoms with Gasteiger partial charge in [-0.05, 0) is 24.3 Å². The third kappa shape index (κ3) is 5.62. The Kier molecular flexibility index (Phi) is 6.57. The van der Waals surface area contributed by atoms with Crippen LogP contribution in [0, 0.1) is 10.1 Å². The molecule has 0 unspecified atom stereocenters. The molecule has 0 bridgehead atoms. The molecule has 148 valence electrons. The molecule has 0 spiro atoms. The number of amides is 2. The lowest BCUT2D eigenvalue weighted by Gasteiger charge is -2.06. The molecule has 1 heterocycles. The summed E-state index contributed by atoms with van der Waals surface area (Å²) in [6, 6.07) is 12.5. The van der Waals surface area contributed by atoms with Gasteiger partial charge in [-0.3, -0.25) is 30.6 Å². The first kappa shape index (κ1) is 20.5. The minimum absolute atomic E-state index is 0.0442. The first-order valence-electron chi connectivity index (χ1n) is 7.98. The number of carbonyl (C=O) groups is 2. The van der Waals surface area contributed by atoms with Gasteiger partial charge in [0.15, 0.2) is 0 Å². The summed E-state index contributed by atoms with van der Waals surface area (Å²) < 4.78 is 6.36. The Morgan fingerprint density at radius 3 is 2.69 bits per heavy atom. The van der Waals surface area contributed by atoms with Gasteiger partial charge >= 0.3 is 0 Å². The van der Waals surface area contributed by atoms with Gasteiger partial charge in [0.1, 0.15) is 0 Å². The monoisotopic (exact) mass is 477 g/mol. The lowest BCUT2D eigenvalue weighted by atomic mass is 10.2. The zero-order valence-corrected chi connectivity index (χ0v) is 16.9. The lowest BCUT2D eigenvalue weighted by molar-refractivity contribution is -0.384. The van der Waals surface area contributed by atoms with Crippen molar-refractivity contribution in [3.05, 3.63) is 68.7 Å². The fraction of sp³-hybridized carbons (Fsp3) is 0.0588. The maximum atomic E-state index is 12.0. The molecule has 0 atom stereocenters. The van der Waals surface area contributed by atoms with E-state index in [0.717, 1.165) is 27.9 Å². The van der Waals surface area contributed by atoms with Gasteiger partial charge in [0.05, 0.1) is 10.7 Å². The Balaban J connectivity index is 1.50. The van der Waals surface area contributed by atoms with Crippen molar-refractivity contribution in [2.24, 2.45) is 0 Å². The summed E-state index contributed by atoms with van der Waals surface area (Å²) in [5.74, 6) is -0.971. The zero-order valence-electron chi connectivity index (χ0n) is 14.5. The fourth-order valence-corrected chi connectivity index (χ4v) is 3.09. The van der Waals surface area contributed by atoms with E-state index < -0.39 is 16.7 Å². The SMILES string of the molecule is O=C(CSc1nnc(-c2cccc(Br)c2)o1)NNC(=O)c1cccc([N+](=O)[O-])c1. The topological polar surface area (TPSA) is 140 Å². The smallest absolute Gasteiger partial charge is 0.277 e. The normalized spacial score (nSPS) is 10.4. The lowest BCUT2D eigenvalue weighted by Crippen LogP contribution is -2.42. The highest BCUT2D eigenvalue weighted by Gasteiger charge is 2.14. The molecule has 12 heteroatoms. The van der Waals surface area contributed by atoms with Crippen LogP contribution in [0.1, 0.15) is 10.4 Å². The van der Waals surface area contributed by atoms with Crippen molar-refractivity contribution in [1.82, 2.24) is 21.0 Å². The Hall–Kier alpha value is -3.25. The summed E-state index contributed by atoms with van der Waals surface area (Å²) in [6.07, 6.45) is 0. The number of thioether (sulfide) groups is 1. The van der Waals surface area contributed by atoms with E-state index in [1.54, 1.807) is 0 Å². The van der Waals surface area contributed by atoms with Crippen LogP contribution in [0.2, 0.25) is 0 Å². The Morgan fingerprint density at radius 2 is 1.93 bits per heavy atom. The molecule has 0 aliphatic rings. The minimum Gasteiger partial charge on any atom is -0.411 e. The van der Waals surface area contributed by atoms with Crippen molar-refractivity contribution < 1.29 is 18.9 Å². The number of nitro groups is 1. The van der Waals surface area contributed by atoms with Gasteiger partial charge in [-0.2, -0.15) is 0 Å². The summed E-state index contributed by atoms with van der Waals surface area (Å²) in [5.41, 5.74) is 4.96. The minimum atomic E-state index is -0.679. The van der Waals surface area contributed by atoms with Crippen molar-refractivity contribution in [3.8, 4) is 11.5 Å². The second-order valence-electron chi connectivity index (χ2n) is 5.48. The molecule has 2 N–H and O–H groups in total. The number of nitro benzene ring substituents is 1. The van der Waals surface area contributed by atoms with Crippen LogP contribution in [0.25, 0.3) is 11.5 Å². The summed E-state index contributed by atoms with van der Waals surface area (Å²) in [6.45, 7) is 0. The summed E-state index contributed by atoms with van der Waals surface area (Å²) >= 11 is 4.35. The molecular weight excluding hydrogens is 466 g/mol. The number of non-ortho nitro benzene ring substituents is 1. The number of carbonyl (C=O) groups excluding carboxylic acids is 2. The quantitative estimate of drug-likeness (QED) is 0.313. The third-order valence-corrected chi connectivity index (χ3v) is 4.75. The number of benzene rings is 2. The predicted molar refractivity (Wildman–Crippen MR) is 107 cm³/mol. The molecule has 0 radical (unpaired) electrons. The van der Waals surface area contributed by atoms with Crippen LogP contribution in [0.3, 0.4) is 0 Å². The molecule has 1 aromatic heterocycles. The van der Waals surface area contributed by atoms with E-state index in [-0.39, 0.29) is 22.2 Å². The van der Waals surface area contributed by atoms with Crippen LogP contribution in [0.4, 0.5) is 5.69 Å². The third-order valence-electron chi connectivity index (χ3n) is 3.44. The molecule has 0 aliphatic carbocycles. The standard InChI is InChI=1S/C17H12BrN5O5S/c18-12-5-1-4-11(7-12)16-21-22-17(28-16)29-9-14(24)19-20-15(25)10-3-2-6-13(8-10)23(26)27/h1-8H,9H2,(H,19,24)(H,20,25). The van der Waals surface area contributed by atoms with Gasteiger partial charge in [0.25, 0.3) is 16.8 Å². The second kappa shape index (κ2) is 9.30. The Labute approximate surface area is 176 Å². The molecular formula is C17H12BrN5O5S. The van der Waals surface area contributed by atoms with E-state index in [1.165, 1.54) is 18.2 Å². The number of hydrazine groups is 1. The highest BCUT2D eigenvalue weighted by Crippen LogP contribution is 2.25. The van der Waals surface area contributed by atoms with Crippen molar-refractivity contribution in [2.45, 2.75) is 5.22 Å². The van der Waals surface area contributed by atoms with Crippen molar-refractivity contribution in [3.63, 3.8) is 0 Å². The number of halogens is 1. The van der Waals surface area contributed by atoms with Crippen LogP contribution >= 0.6 is 27.7 Å². The van der Waals surface area contributed by atoms with E-state index in [4.69, 9.17) is 4.42 Å². The van der Waals surface area contributed by atoms with E-state index in [9.17, 15) is 19.7 Å². The van der Waals surface area contributed by atoms with Gasteiger partial charge in [-0.15, -0.1) is 10.2 Å². The van der Waals surface area contributed by atoms with Crippen LogP contribution in [-0.2, 0) is 4.79 Å². The number of nitrogens with zero attached hydrogens (tertiary/aromatic N) is 3. The van der Waals surface area contributed by atoms with Gasteiger partial charge in [-0.25, -0.2) is 0 Å². The van der Waals surface area contributed by atoms with Crippen LogP contribution < -0.4 is 10.9 Å². The zero-order chi connectivity index (χ0) is 20.8. The Morgan fingerprint density at radius 1 is 1.14 bits per heavy atom. The van der Waals surface area contributed by atoms with Crippen molar-refractivity contribution >= 4 is 45.2 Å². The van der Waals surface area contributed by atoms with Crippen LogP contribution in [-0.4, -0.2) is 32.7 Å². The highest BCUT2D eigenvalue weighted by molar-refractivity contribution is 9.10. The molecule has 0 saturated heterocycles. The Bertz CT molecular complexity index is 1070. The molecule has 2 aromatic carbocycles. The molecule has 0 fully saturated rings. The molecule has 3 aromatic rings. The number of aromatic nitrogens is 2. The van der Waals surface area contributed by atoms with E-state index >= 15 is 0 Å². The van der Waals surface area contributed by atoms with Crippen LogP contribution in [0.5, 0.6) is 0 Å². The second-order valence-corrected chi connectivity index (χ2v) is 7.32. The van der Waals surface area contributed by atoms with Crippen LogP contribution in [0.15, 0.2) is 62.6 Å². The largest absolute Gasteiger partial charge is 0.411 e. The van der Waals surface area contributed by atoms with Crippen molar-refractivity contribution in [2.75, 3.05) is 5.75 Å². The molecule has 10 nitrogen and oxygen atoms in total. The number of nitrogens with one attached hydrogen (secondary N) is 2. The molecule has 29 heavy (non-hydrogen) atoms. The number of rotatable bonds is 6. The maximum Gasteiger partial charge on any atom is 0.277 e. The number of hydrogen-bond acceptors (Lipinski definition) is 8. The number of hydrogen-bond donors (Lipinski definition) is 2. The van der Waals surface area contributed by atoms with Gasteiger partial charge in [0, 0.05) is 27.7 Å². The molecule has 0 saturated carbocycles. The summed E-state index contributed by atoms with van der Waals surface area (Å²) in [7, 11) is 0. The molecule has 0 aliphatic heterocycles. The van der Waals surface area contributed by atoms with Gasteiger partial charge in [-0.1, -0.05) is 39.8 Å². The van der Waals surface area contributed by atoms with Gasteiger partial charge in [0.2, 0.25) is 11.8 Å². The predicted octanol–water partition coefficient (Wildman–Crippen LogP) is 2.96. The van der Waals surface area contributed by atoms with Gasteiger partial charge < -0.3 is 4.42 Å². The average molecular weight is 478 g/mol. The average Bonchev–Trinajstić information content (AvgIpc) is 3.19. The van der Waals surface area contributed by atoms with E-state index in [1.807, 2.05) is 24.3 Å². The maximum absolute atomic E-state index is 12.0.